The molecule has 1 N–H and O–H groups in total. The Labute approximate surface area is 136 Å². The molecule has 0 bridgehead atoms. The van der Waals surface area contributed by atoms with Gasteiger partial charge >= 0.3 is 0 Å². The van der Waals surface area contributed by atoms with E-state index < -0.39 is 12.4 Å². The fourth-order valence-electron chi connectivity index (χ4n) is 2.75. The molecule has 0 radical (unpaired) electrons. The second kappa shape index (κ2) is 7.70. The van der Waals surface area contributed by atoms with Gasteiger partial charge in [-0.25, -0.2) is 0 Å². The predicted molar refractivity (Wildman–Crippen MR) is 86.6 cm³/mol. The highest BCUT2D eigenvalue weighted by Crippen LogP contribution is 2.26. The van der Waals surface area contributed by atoms with Gasteiger partial charge in [0.25, 0.3) is 0 Å². The molecule has 4 unspecified atom stereocenters. The largest absolute Gasteiger partial charge is 0.368 e. The molecule has 1 heterocycles. The van der Waals surface area contributed by atoms with Crippen molar-refractivity contribution in [3.63, 3.8) is 0 Å². The number of rotatable bonds is 6. The molecule has 0 aliphatic carbocycles. The highest BCUT2D eigenvalue weighted by molar-refractivity contribution is 5.14. The molecular weight excluding hydrogens is 292 g/mol. The van der Waals surface area contributed by atoms with Crippen LogP contribution in [-0.2, 0) is 27.4 Å². The van der Waals surface area contributed by atoms with Crippen LogP contribution in [0.25, 0.3) is 0 Å². The normalized spacial score (nSPS) is 27.2. The molecule has 0 amide bonds. The number of ether oxygens (including phenoxy) is 3. The van der Waals surface area contributed by atoms with Crippen LogP contribution in [0.4, 0.5) is 0 Å². The maximum absolute atomic E-state index is 10.1. The van der Waals surface area contributed by atoms with Gasteiger partial charge in [0.15, 0.2) is 6.29 Å². The van der Waals surface area contributed by atoms with E-state index in [0.717, 1.165) is 11.1 Å². The van der Waals surface area contributed by atoms with Gasteiger partial charge in [0.1, 0.15) is 12.2 Å². The van der Waals surface area contributed by atoms with E-state index in [-0.39, 0.29) is 12.2 Å². The fourth-order valence-corrected chi connectivity index (χ4v) is 2.75. The Morgan fingerprint density at radius 2 is 1.30 bits per heavy atom. The summed E-state index contributed by atoms with van der Waals surface area (Å²) in [5, 5.41) is 10.1. The lowest BCUT2D eigenvalue weighted by Crippen LogP contribution is -2.36. The summed E-state index contributed by atoms with van der Waals surface area (Å²) in [5.41, 5.74) is 2.14. The van der Waals surface area contributed by atoms with E-state index in [2.05, 4.69) is 0 Å². The minimum Gasteiger partial charge on any atom is -0.368 e. The van der Waals surface area contributed by atoms with Gasteiger partial charge in [0.05, 0.1) is 19.3 Å². The second-order valence-electron chi connectivity index (χ2n) is 5.75. The molecule has 4 heteroatoms. The van der Waals surface area contributed by atoms with E-state index >= 15 is 0 Å². The molecule has 4 nitrogen and oxygen atoms in total. The zero-order chi connectivity index (χ0) is 16.1. The predicted octanol–water partition coefficient (Wildman–Crippen LogP) is 2.89. The Hall–Kier alpha value is -1.72. The van der Waals surface area contributed by atoms with Crippen LogP contribution in [0.3, 0.4) is 0 Å². The standard InChI is InChI=1S/C19H22O4/c1-14-17(21-12-15-8-4-2-5-9-15)18(19(20)23-14)22-13-16-10-6-3-7-11-16/h2-11,14,17-20H,12-13H2,1H3. The molecule has 1 fully saturated rings. The van der Waals surface area contributed by atoms with Crippen LogP contribution >= 0.6 is 0 Å². The summed E-state index contributed by atoms with van der Waals surface area (Å²) in [6.07, 6.45) is -1.97. The molecule has 2 aromatic rings. The first-order valence-corrected chi connectivity index (χ1v) is 7.88. The third kappa shape index (κ3) is 4.18. The van der Waals surface area contributed by atoms with Gasteiger partial charge in [-0.05, 0) is 18.1 Å². The average molecular weight is 314 g/mol. The third-order valence-corrected chi connectivity index (χ3v) is 3.99. The van der Waals surface area contributed by atoms with Crippen molar-refractivity contribution >= 4 is 0 Å². The van der Waals surface area contributed by atoms with Crippen molar-refractivity contribution in [2.45, 2.75) is 44.7 Å². The van der Waals surface area contributed by atoms with Crippen LogP contribution in [0, 0.1) is 0 Å². The van der Waals surface area contributed by atoms with Gasteiger partial charge in [0.2, 0.25) is 0 Å². The summed E-state index contributed by atoms with van der Waals surface area (Å²) in [6.45, 7) is 2.78. The van der Waals surface area contributed by atoms with Gasteiger partial charge in [0, 0.05) is 0 Å². The first-order valence-electron chi connectivity index (χ1n) is 7.88. The van der Waals surface area contributed by atoms with E-state index in [1.54, 1.807) is 0 Å². The second-order valence-corrected chi connectivity index (χ2v) is 5.75. The topological polar surface area (TPSA) is 47.9 Å². The summed E-state index contributed by atoms with van der Waals surface area (Å²) in [4.78, 5) is 0. The molecule has 0 saturated carbocycles. The number of hydrogen-bond donors (Lipinski definition) is 1. The van der Waals surface area contributed by atoms with E-state index in [0.29, 0.717) is 13.2 Å². The van der Waals surface area contributed by atoms with E-state index in [1.807, 2.05) is 67.6 Å². The Morgan fingerprint density at radius 1 is 0.826 bits per heavy atom. The van der Waals surface area contributed by atoms with E-state index in [1.165, 1.54) is 0 Å². The lowest BCUT2D eigenvalue weighted by atomic mass is 10.1. The molecule has 1 aliphatic heterocycles. The van der Waals surface area contributed by atoms with Crippen molar-refractivity contribution in [1.29, 1.82) is 0 Å². The van der Waals surface area contributed by atoms with Crippen molar-refractivity contribution in [2.24, 2.45) is 0 Å². The molecule has 1 saturated heterocycles. The third-order valence-electron chi connectivity index (χ3n) is 3.99. The van der Waals surface area contributed by atoms with Gasteiger partial charge in [-0.3, -0.25) is 0 Å². The van der Waals surface area contributed by atoms with Crippen molar-refractivity contribution in [1.82, 2.24) is 0 Å². The van der Waals surface area contributed by atoms with E-state index in [9.17, 15) is 5.11 Å². The van der Waals surface area contributed by atoms with Crippen LogP contribution in [-0.4, -0.2) is 29.7 Å². The van der Waals surface area contributed by atoms with Crippen LogP contribution in [0.2, 0.25) is 0 Å². The summed E-state index contributed by atoms with van der Waals surface area (Å²) in [6, 6.07) is 19.8. The Kier molecular flexibility index (Phi) is 5.41. The average Bonchev–Trinajstić information content (AvgIpc) is 2.86. The molecule has 4 atom stereocenters. The lowest BCUT2D eigenvalue weighted by Gasteiger charge is -2.22. The SMILES string of the molecule is CC1OC(O)C(OCc2ccccc2)C1OCc1ccccc1. The molecule has 1 aliphatic rings. The summed E-state index contributed by atoms with van der Waals surface area (Å²) >= 11 is 0. The Morgan fingerprint density at radius 3 is 1.83 bits per heavy atom. The van der Waals surface area contributed by atoms with Gasteiger partial charge in [-0.1, -0.05) is 60.7 Å². The minimum absolute atomic E-state index is 0.213. The highest BCUT2D eigenvalue weighted by atomic mass is 16.7. The summed E-state index contributed by atoms with van der Waals surface area (Å²) in [7, 11) is 0. The first kappa shape index (κ1) is 16.1. The van der Waals surface area contributed by atoms with Crippen molar-refractivity contribution < 1.29 is 19.3 Å². The Balaban J connectivity index is 1.60. The maximum atomic E-state index is 10.1. The zero-order valence-electron chi connectivity index (χ0n) is 13.2. The molecule has 0 aromatic heterocycles. The van der Waals surface area contributed by atoms with Crippen LogP contribution < -0.4 is 0 Å². The maximum Gasteiger partial charge on any atom is 0.184 e. The lowest BCUT2D eigenvalue weighted by molar-refractivity contribution is -0.147. The molecular formula is C19H22O4. The molecule has 23 heavy (non-hydrogen) atoms. The number of aliphatic hydroxyl groups excluding tert-OH is 1. The molecule has 0 spiro atoms. The summed E-state index contributed by atoms with van der Waals surface area (Å²) in [5.74, 6) is 0. The van der Waals surface area contributed by atoms with Gasteiger partial charge < -0.3 is 19.3 Å². The van der Waals surface area contributed by atoms with Gasteiger partial charge in [-0.15, -0.1) is 0 Å². The fraction of sp³-hybridized carbons (Fsp3) is 0.368. The van der Waals surface area contributed by atoms with Crippen molar-refractivity contribution in [3.8, 4) is 0 Å². The molecule has 3 rings (SSSR count). The zero-order valence-corrected chi connectivity index (χ0v) is 13.2. The highest BCUT2D eigenvalue weighted by Gasteiger charge is 2.43. The van der Waals surface area contributed by atoms with Crippen molar-refractivity contribution in [2.75, 3.05) is 0 Å². The summed E-state index contributed by atoms with van der Waals surface area (Å²) < 4.78 is 17.3. The van der Waals surface area contributed by atoms with Gasteiger partial charge in [-0.2, -0.15) is 0 Å². The van der Waals surface area contributed by atoms with E-state index in [4.69, 9.17) is 14.2 Å². The van der Waals surface area contributed by atoms with Crippen LogP contribution in [0.15, 0.2) is 60.7 Å². The molecule has 2 aromatic carbocycles. The number of aliphatic hydroxyl groups is 1. The van der Waals surface area contributed by atoms with Crippen LogP contribution in [0.1, 0.15) is 18.1 Å². The number of benzene rings is 2. The monoisotopic (exact) mass is 314 g/mol. The van der Waals surface area contributed by atoms with Crippen LogP contribution in [0.5, 0.6) is 0 Å². The molecule has 122 valence electrons. The Bertz CT molecular complexity index is 533. The smallest absolute Gasteiger partial charge is 0.184 e. The number of hydrogen-bond acceptors (Lipinski definition) is 4. The first-order chi connectivity index (χ1) is 11.2. The van der Waals surface area contributed by atoms with Crippen molar-refractivity contribution in [3.05, 3.63) is 71.8 Å². The minimum atomic E-state index is -0.963. The quantitative estimate of drug-likeness (QED) is 0.890.